The van der Waals surface area contributed by atoms with E-state index in [1.807, 2.05) is 0 Å². The largest absolute Gasteiger partial charge is 0.227 e. The van der Waals surface area contributed by atoms with E-state index in [1.54, 1.807) is 0 Å². The Balaban J connectivity index is 5.96. The van der Waals surface area contributed by atoms with Gasteiger partial charge in [0.05, 0.1) is 5.25 Å². The van der Waals surface area contributed by atoms with Crippen molar-refractivity contribution in [3.8, 4) is 0 Å². The fourth-order valence-electron chi connectivity index (χ4n) is 1.31. The lowest BCUT2D eigenvalue weighted by molar-refractivity contribution is 0.541. The minimum Gasteiger partial charge on any atom is -0.227 e. The maximum absolute atomic E-state index is 12.1. The number of hydrogen-bond acceptors (Lipinski definition) is 4. The Bertz CT molecular complexity index is 452. The van der Waals surface area contributed by atoms with Crippen molar-refractivity contribution >= 4 is 31.3 Å². The van der Waals surface area contributed by atoms with E-state index in [1.165, 1.54) is 41.5 Å². The van der Waals surface area contributed by atoms with E-state index in [2.05, 4.69) is 0 Å². The number of alkyl halides is 1. The summed E-state index contributed by atoms with van der Waals surface area (Å²) in [7, 11) is -7.79. The summed E-state index contributed by atoms with van der Waals surface area (Å²) in [5.41, 5.74) is 0. The molecule has 0 bridgehead atoms. The normalized spacial score (nSPS) is 15.5. The second kappa shape index (κ2) is 4.14. The molecule has 0 rings (SSSR count). The third-order valence-corrected chi connectivity index (χ3v) is 9.74. The van der Waals surface area contributed by atoms with E-state index >= 15 is 0 Å². The molecule has 0 amide bonds. The third-order valence-electron chi connectivity index (χ3n) is 2.59. The van der Waals surface area contributed by atoms with Crippen LogP contribution in [0.1, 0.15) is 41.5 Å². The van der Waals surface area contributed by atoms with Gasteiger partial charge < -0.3 is 0 Å². The number of halogens is 1. The van der Waals surface area contributed by atoms with Crippen LogP contribution in [0, 0.1) is 0 Å². The fourth-order valence-corrected chi connectivity index (χ4v) is 6.75. The highest BCUT2D eigenvalue weighted by Gasteiger charge is 2.54. The van der Waals surface area contributed by atoms with Gasteiger partial charge in [-0.15, -0.1) is 11.6 Å². The Morgan fingerprint density at radius 1 is 0.938 bits per heavy atom. The summed E-state index contributed by atoms with van der Waals surface area (Å²) in [6.07, 6.45) is 0. The van der Waals surface area contributed by atoms with Gasteiger partial charge in [0.1, 0.15) is 4.21 Å². The van der Waals surface area contributed by atoms with Gasteiger partial charge in [0.15, 0.2) is 23.8 Å². The molecule has 0 aliphatic heterocycles. The molecule has 0 atom stereocenters. The summed E-state index contributed by atoms with van der Waals surface area (Å²) in [5.74, 6) is 0. The highest BCUT2D eigenvalue weighted by Crippen LogP contribution is 2.37. The van der Waals surface area contributed by atoms with Crippen molar-refractivity contribution in [2.24, 2.45) is 0 Å². The van der Waals surface area contributed by atoms with Gasteiger partial charge in [-0.2, -0.15) is 0 Å². The first-order valence-electron chi connectivity index (χ1n) is 4.86. The van der Waals surface area contributed by atoms with Crippen LogP contribution in [0.3, 0.4) is 0 Å². The zero-order valence-corrected chi connectivity index (χ0v) is 12.8. The average molecular weight is 291 g/mol. The van der Waals surface area contributed by atoms with Gasteiger partial charge >= 0.3 is 0 Å². The molecule has 0 spiro atoms. The Morgan fingerprint density at radius 2 is 1.25 bits per heavy atom. The molecule has 7 heteroatoms. The van der Waals surface area contributed by atoms with Gasteiger partial charge in [-0.1, -0.05) is 0 Å². The summed E-state index contributed by atoms with van der Waals surface area (Å²) >= 11 is 5.77. The first-order valence-corrected chi connectivity index (χ1v) is 8.27. The van der Waals surface area contributed by atoms with Crippen LogP contribution in [-0.2, 0) is 19.7 Å². The highest BCUT2D eigenvalue weighted by atomic mass is 35.5. The summed E-state index contributed by atoms with van der Waals surface area (Å²) in [5, 5.41) is -0.767. The molecular weight excluding hydrogens is 272 g/mol. The first-order chi connectivity index (χ1) is 6.69. The smallest absolute Gasteiger partial charge is 0.188 e. The highest BCUT2D eigenvalue weighted by molar-refractivity contribution is 8.11. The lowest BCUT2D eigenvalue weighted by Crippen LogP contribution is -2.50. The van der Waals surface area contributed by atoms with Crippen molar-refractivity contribution in [3.05, 3.63) is 0 Å². The van der Waals surface area contributed by atoms with Crippen LogP contribution in [0.2, 0.25) is 0 Å². The molecule has 98 valence electrons. The SMILES string of the molecule is CC(C)S(=O)(=O)C(C)(C)S(=O)(=O)C(C)(C)Cl. The molecule has 0 saturated heterocycles. The van der Waals surface area contributed by atoms with E-state index in [4.69, 9.17) is 11.6 Å². The molecule has 0 radical (unpaired) electrons. The molecular formula is C9H19ClO4S2. The standard InChI is InChI=1S/C9H19ClO4S2/c1-7(2)15(11,12)9(5,6)16(13,14)8(3,4)10/h7H,1-6H3. The third kappa shape index (κ3) is 2.24. The van der Waals surface area contributed by atoms with Gasteiger partial charge in [-0.05, 0) is 41.5 Å². The van der Waals surface area contributed by atoms with Crippen LogP contribution in [0.4, 0.5) is 0 Å². The minimum absolute atomic E-state index is 0.767. The van der Waals surface area contributed by atoms with Crippen LogP contribution >= 0.6 is 11.6 Å². The second-order valence-corrected chi connectivity index (χ2v) is 12.4. The van der Waals surface area contributed by atoms with Gasteiger partial charge in [0, 0.05) is 0 Å². The van der Waals surface area contributed by atoms with E-state index < -0.39 is 33.2 Å². The van der Waals surface area contributed by atoms with Gasteiger partial charge in [0.25, 0.3) is 0 Å². The molecule has 0 heterocycles. The molecule has 0 aromatic rings. The zero-order chi connectivity index (χ0) is 13.6. The van der Waals surface area contributed by atoms with Crippen molar-refractivity contribution < 1.29 is 16.8 Å². The maximum Gasteiger partial charge on any atom is 0.188 e. The predicted octanol–water partition coefficient (Wildman–Crippen LogP) is 1.94. The van der Waals surface area contributed by atoms with Crippen molar-refractivity contribution in [2.75, 3.05) is 0 Å². The Morgan fingerprint density at radius 3 is 1.44 bits per heavy atom. The molecule has 0 aliphatic rings. The van der Waals surface area contributed by atoms with E-state index in [9.17, 15) is 16.8 Å². The second-order valence-electron chi connectivity index (χ2n) is 4.86. The Kier molecular flexibility index (Phi) is 4.19. The van der Waals surface area contributed by atoms with Crippen molar-refractivity contribution in [1.29, 1.82) is 0 Å². The Hall–Kier alpha value is 0.190. The molecule has 0 aromatic heterocycles. The molecule has 4 nitrogen and oxygen atoms in total. The monoisotopic (exact) mass is 290 g/mol. The molecule has 0 aromatic carbocycles. The first kappa shape index (κ1) is 16.2. The predicted molar refractivity (Wildman–Crippen MR) is 67.0 cm³/mol. The van der Waals surface area contributed by atoms with E-state index in [-0.39, 0.29) is 0 Å². The van der Waals surface area contributed by atoms with Gasteiger partial charge in [0.2, 0.25) is 0 Å². The van der Waals surface area contributed by atoms with Crippen molar-refractivity contribution in [2.45, 2.75) is 55.1 Å². The lowest BCUT2D eigenvalue weighted by atomic mass is 10.5. The molecule has 0 aliphatic carbocycles. The van der Waals surface area contributed by atoms with Crippen LogP contribution in [0.25, 0.3) is 0 Å². The maximum atomic E-state index is 12.1. The van der Waals surface area contributed by atoms with E-state index in [0.717, 1.165) is 0 Å². The van der Waals surface area contributed by atoms with Crippen LogP contribution in [0.5, 0.6) is 0 Å². The van der Waals surface area contributed by atoms with Crippen LogP contribution < -0.4 is 0 Å². The number of hydrogen-bond donors (Lipinski definition) is 0. The van der Waals surface area contributed by atoms with E-state index in [0.29, 0.717) is 0 Å². The summed E-state index contributed by atoms with van der Waals surface area (Å²) < 4.78 is 44.7. The minimum atomic E-state index is -4.00. The van der Waals surface area contributed by atoms with Crippen molar-refractivity contribution in [3.63, 3.8) is 0 Å². The topological polar surface area (TPSA) is 68.3 Å². The quantitative estimate of drug-likeness (QED) is 0.742. The molecule has 0 saturated carbocycles. The summed E-state index contributed by atoms with van der Waals surface area (Å²) in [6.45, 7) is 7.83. The number of rotatable bonds is 4. The van der Waals surface area contributed by atoms with Gasteiger partial charge in [-0.25, -0.2) is 16.8 Å². The molecule has 0 unspecified atom stereocenters. The summed E-state index contributed by atoms with van der Waals surface area (Å²) in [4.78, 5) is 0. The number of sulfone groups is 2. The van der Waals surface area contributed by atoms with Crippen molar-refractivity contribution in [1.82, 2.24) is 0 Å². The van der Waals surface area contributed by atoms with Gasteiger partial charge in [-0.3, -0.25) is 0 Å². The summed E-state index contributed by atoms with van der Waals surface area (Å²) in [6, 6.07) is 0. The van der Waals surface area contributed by atoms with Crippen LogP contribution in [0.15, 0.2) is 0 Å². The lowest BCUT2D eigenvalue weighted by Gasteiger charge is -2.32. The average Bonchev–Trinajstić information content (AvgIpc) is 2.00. The fraction of sp³-hybridized carbons (Fsp3) is 1.00. The zero-order valence-electron chi connectivity index (χ0n) is 10.4. The molecule has 0 N–H and O–H groups in total. The molecule has 0 fully saturated rings. The van der Waals surface area contributed by atoms with Crippen LogP contribution in [-0.4, -0.2) is 30.4 Å². The molecule has 16 heavy (non-hydrogen) atoms. The Labute approximate surface area is 103 Å².